The van der Waals surface area contributed by atoms with Crippen molar-refractivity contribution >= 4 is 11.0 Å². The number of hydrogen-bond donors (Lipinski definition) is 0. The Morgan fingerprint density at radius 1 is 1.36 bits per heavy atom. The summed E-state index contributed by atoms with van der Waals surface area (Å²) in [6.45, 7) is 6.39. The number of hydrogen-bond acceptors (Lipinski definition) is 2. The summed E-state index contributed by atoms with van der Waals surface area (Å²) in [5.41, 5.74) is 2.20. The van der Waals surface area contributed by atoms with Gasteiger partial charge in [-0.3, -0.25) is 4.98 Å². The number of aryl methyl sites for hydroxylation is 1. The first-order chi connectivity index (χ1) is 6.72. The smallest absolute Gasteiger partial charge is 0.140 e. The molecule has 0 spiro atoms. The van der Waals surface area contributed by atoms with Gasteiger partial charge in [-0.2, -0.15) is 0 Å². The highest BCUT2D eigenvalue weighted by Crippen LogP contribution is 2.26. The van der Waals surface area contributed by atoms with Gasteiger partial charge in [0.15, 0.2) is 0 Å². The quantitative estimate of drug-likeness (QED) is 0.722. The van der Waals surface area contributed by atoms with Gasteiger partial charge in [0.25, 0.3) is 0 Å². The number of fused-ring (bicyclic) bond motifs is 1. The third-order valence-corrected chi connectivity index (χ3v) is 2.47. The van der Waals surface area contributed by atoms with Gasteiger partial charge >= 0.3 is 0 Å². The third kappa shape index (κ3) is 1.41. The van der Waals surface area contributed by atoms with Gasteiger partial charge in [0.05, 0.1) is 0 Å². The molecule has 74 valence electrons. The molecule has 0 unspecified atom stereocenters. The van der Waals surface area contributed by atoms with Crippen LogP contribution >= 0.6 is 0 Å². The number of pyridine rings is 1. The zero-order chi connectivity index (χ0) is 10.1. The van der Waals surface area contributed by atoms with E-state index in [9.17, 15) is 0 Å². The van der Waals surface area contributed by atoms with Crippen LogP contribution in [0.5, 0.6) is 0 Å². The van der Waals surface area contributed by atoms with E-state index in [0.717, 1.165) is 23.2 Å². The molecule has 2 aromatic rings. The molecule has 2 heteroatoms. The average molecular weight is 189 g/mol. The Bertz CT molecular complexity index is 443. The van der Waals surface area contributed by atoms with Crippen molar-refractivity contribution in [2.45, 2.75) is 33.1 Å². The van der Waals surface area contributed by atoms with Crippen molar-refractivity contribution in [1.29, 1.82) is 0 Å². The molecule has 2 rings (SSSR count). The molecule has 0 aliphatic carbocycles. The van der Waals surface area contributed by atoms with Crippen LogP contribution in [0.1, 0.15) is 38.0 Å². The summed E-state index contributed by atoms with van der Waals surface area (Å²) in [7, 11) is 0. The van der Waals surface area contributed by atoms with Gasteiger partial charge in [-0.15, -0.1) is 0 Å². The van der Waals surface area contributed by atoms with Gasteiger partial charge in [0, 0.05) is 29.3 Å². The highest BCUT2D eigenvalue weighted by atomic mass is 16.3. The molecule has 0 amide bonds. The first kappa shape index (κ1) is 9.25. The van der Waals surface area contributed by atoms with E-state index < -0.39 is 0 Å². The van der Waals surface area contributed by atoms with Crippen molar-refractivity contribution in [2.24, 2.45) is 0 Å². The molecule has 2 nitrogen and oxygen atoms in total. The number of furan rings is 1. The molecular formula is C12H15NO. The van der Waals surface area contributed by atoms with Crippen LogP contribution in [-0.4, -0.2) is 4.98 Å². The summed E-state index contributed by atoms with van der Waals surface area (Å²) in [6, 6.07) is 2.09. The molecule has 0 aliphatic heterocycles. The fraction of sp³-hybridized carbons (Fsp3) is 0.417. The second-order valence-electron chi connectivity index (χ2n) is 3.87. The van der Waals surface area contributed by atoms with E-state index in [1.807, 2.05) is 12.4 Å². The maximum atomic E-state index is 5.81. The molecule has 2 heterocycles. The van der Waals surface area contributed by atoms with E-state index in [1.165, 1.54) is 5.56 Å². The SMILES string of the molecule is CCc1cncc2cc(C(C)C)oc12. The molecule has 0 radical (unpaired) electrons. The molecule has 0 bridgehead atoms. The Labute approximate surface area is 84.0 Å². The lowest BCUT2D eigenvalue weighted by molar-refractivity contribution is 0.519. The minimum absolute atomic E-state index is 0.437. The van der Waals surface area contributed by atoms with Crippen molar-refractivity contribution < 1.29 is 4.42 Å². The van der Waals surface area contributed by atoms with Gasteiger partial charge in [0.1, 0.15) is 11.3 Å². The van der Waals surface area contributed by atoms with Crippen LogP contribution in [0.3, 0.4) is 0 Å². The molecule has 14 heavy (non-hydrogen) atoms. The summed E-state index contributed by atoms with van der Waals surface area (Å²) in [5, 5.41) is 1.12. The number of aromatic nitrogens is 1. The normalized spacial score (nSPS) is 11.4. The van der Waals surface area contributed by atoms with Crippen molar-refractivity contribution in [3.05, 3.63) is 29.8 Å². The van der Waals surface area contributed by atoms with Crippen molar-refractivity contribution in [3.63, 3.8) is 0 Å². The Morgan fingerprint density at radius 3 is 2.79 bits per heavy atom. The Balaban J connectivity index is 2.64. The van der Waals surface area contributed by atoms with Crippen molar-refractivity contribution in [3.8, 4) is 0 Å². The average Bonchev–Trinajstić information content (AvgIpc) is 2.60. The first-order valence-corrected chi connectivity index (χ1v) is 5.08. The van der Waals surface area contributed by atoms with Gasteiger partial charge in [-0.05, 0) is 12.5 Å². The predicted molar refractivity (Wildman–Crippen MR) is 57.5 cm³/mol. The monoisotopic (exact) mass is 189 g/mol. The molecule has 0 aliphatic rings. The summed E-state index contributed by atoms with van der Waals surface area (Å²) >= 11 is 0. The van der Waals surface area contributed by atoms with Crippen LogP contribution in [0.4, 0.5) is 0 Å². The summed E-state index contributed by atoms with van der Waals surface area (Å²) < 4.78 is 5.81. The zero-order valence-electron chi connectivity index (χ0n) is 8.87. The predicted octanol–water partition coefficient (Wildman–Crippen LogP) is 3.51. The molecule has 0 fully saturated rings. The van der Waals surface area contributed by atoms with Gasteiger partial charge in [0.2, 0.25) is 0 Å². The number of rotatable bonds is 2. The van der Waals surface area contributed by atoms with Crippen molar-refractivity contribution in [1.82, 2.24) is 4.98 Å². The fourth-order valence-electron chi connectivity index (χ4n) is 1.57. The van der Waals surface area contributed by atoms with E-state index >= 15 is 0 Å². The lowest BCUT2D eigenvalue weighted by atomic mass is 10.1. The lowest BCUT2D eigenvalue weighted by Crippen LogP contribution is -1.82. The highest BCUT2D eigenvalue weighted by molar-refractivity contribution is 5.80. The highest BCUT2D eigenvalue weighted by Gasteiger charge is 2.09. The molecule has 2 aromatic heterocycles. The van der Waals surface area contributed by atoms with Crippen LogP contribution in [0.15, 0.2) is 22.9 Å². The van der Waals surface area contributed by atoms with E-state index in [-0.39, 0.29) is 0 Å². The van der Waals surface area contributed by atoms with Crippen LogP contribution in [0.25, 0.3) is 11.0 Å². The van der Waals surface area contributed by atoms with Gasteiger partial charge < -0.3 is 4.42 Å². The fourth-order valence-corrected chi connectivity index (χ4v) is 1.57. The minimum Gasteiger partial charge on any atom is -0.460 e. The summed E-state index contributed by atoms with van der Waals surface area (Å²) in [6.07, 6.45) is 4.72. The number of nitrogens with zero attached hydrogens (tertiary/aromatic N) is 1. The molecule has 0 aromatic carbocycles. The van der Waals surface area contributed by atoms with E-state index in [1.54, 1.807) is 0 Å². The second kappa shape index (κ2) is 3.45. The van der Waals surface area contributed by atoms with Gasteiger partial charge in [-0.1, -0.05) is 20.8 Å². The standard InChI is InChI=1S/C12H15NO/c1-4-9-6-13-7-10-5-11(8(2)3)14-12(9)10/h5-8H,4H2,1-3H3. The van der Waals surface area contributed by atoms with Crippen LogP contribution in [0.2, 0.25) is 0 Å². The maximum Gasteiger partial charge on any atom is 0.140 e. The van der Waals surface area contributed by atoms with Crippen LogP contribution in [-0.2, 0) is 6.42 Å². The molecule has 0 saturated carbocycles. The molecule has 0 saturated heterocycles. The van der Waals surface area contributed by atoms with Gasteiger partial charge in [-0.25, -0.2) is 0 Å². The van der Waals surface area contributed by atoms with Crippen LogP contribution in [0, 0.1) is 0 Å². The third-order valence-electron chi connectivity index (χ3n) is 2.47. The van der Waals surface area contributed by atoms with Crippen LogP contribution < -0.4 is 0 Å². The minimum atomic E-state index is 0.437. The summed E-state index contributed by atoms with van der Waals surface area (Å²) in [4.78, 5) is 4.20. The molecular weight excluding hydrogens is 174 g/mol. The zero-order valence-corrected chi connectivity index (χ0v) is 8.87. The Morgan fingerprint density at radius 2 is 2.14 bits per heavy atom. The molecule has 0 atom stereocenters. The van der Waals surface area contributed by atoms with Crippen molar-refractivity contribution in [2.75, 3.05) is 0 Å². The largest absolute Gasteiger partial charge is 0.460 e. The first-order valence-electron chi connectivity index (χ1n) is 5.08. The lowest BCUT2D eigenvalue weighted by Gasteiger charge is -1.98. The second-order valence-corrected chi connectivity index (χ2v) is 3.87. The van der Waals surface area contributed by atoms with E-state index in [0.29, 0.717) is 5.92 Å². The van der Waals surface area contributed by atoms with E-state index in [4.69, 9.17) is 4.42 Å². The van der Waals surface area contributed by atoms with E-state index in [2.05, 4.69) is 31.8 Å². The summed E-state index contributed by atoms with van der Waals surface area (Å²) in [5.74, 6) is 1.48. The maximum absolute atomic E-state index is 5.81. The Hall–Kier alpha value is -1.31. The Kier molecular flexibility index (Phi) is 2.28. The molecule has 0 N–H and O–H groups in total. The topological polar surface area (TPSA) is 26.0 Å².